The largest absolute Gasteiger partial charge is 0.469 e. The van der Waals surface area contributed by atoms with Crippen LogP contribution in [0.1, 0.15) is 32.1 Å². The van der Waals surface area contributed by atoms with Gasteiger partial charge in [-0.15, -0.1) is 0 Å². The molecular formula is C15H29N3O3. The summed E-state index contributed by atoms with van der Waals surface area (Å²) in [5, 5.41) is 2.90. The van der Waals surface area contributed by atoms with Gasteiger partial charge in [0.2, 0.25) is 0 Å². The summed E-state index contributed by atoms with van der Waals surface area (Å²) in [6.07, 6.45) is 4.27. The SMILES string of the molecule is COC(=O)CCCCNC(=O)N(C)CC1CCN(C)CC1. The van der Waals surface area contributed by atoms with Crippen molar-refractivity contribution < 1.29 is 14.3 Å². The van der Waals surface area contributed by atoms with Gasteiger partial charge in [0.25, 0.3) is 0 Å². The average Bonchev–Trinajstić information content (AvgIpc) is 2.48. The molecule has 0 aliphatic carbocycles. The van der Waals surface area contributed by atoms with E-state index in [1.165, 1.54) is 7.11 Å². The molecule has 6 heteroatoms. The zero-order valence-electron chi connectivity index (χ0n) is 13.6. The van der Waals surface area contributed by atoms with Gasteiger partial charge in [-0.2, -0.15) is 0 Å². The van der Waals surface area contributed by atoms with Crippen molar-refractivity contribution in [2.45, 2.75) is 32.1 Å². The van der Waals surface area contributed by atoms with Gasteiger partial charge in [-0.25, -0.2) is 4.79 Å². The maximum absolute atomic E-state index is 11.9. The first-order chi connectivity index (χ1) is 10.0. The van der Waals surface area contributed by atoms with Crippen LogP contribution in [0.4, 0.5) is 4.79 Å². The molecule has 2 amide bonds. The van der Waals surface area contributed by atoms with Crippen molar-refractivity contribution in [3.63, 3.8) is 0 Å². The Kier molecular flexibility index (Phi) is 8.12. The number of piperidine rings is 1. The van der Waals surface area contributed by atoms with E-state index in [-0.39, 0.29) is 12.0 Å². The molecule has 1 aliphatic heterocycles. The number of carbonyl (C=O) groups is 2. The lowest BCUT2D eigenvalue weighted by molar-refractivity contribution is -0.140. The highest BCUT2D eigenvalue weighted by Crippen LogP contribution is 2.16. The van der Waals surface area contributed by atoms with E-state index in [0.717, 1.165) is 45.3 Å². The number of amides is 2. The standard InChI is InChI=1S/C15H29N3O3/c1-17-10-7-13(8-11-17)12-18(2)15(20)16-9-5-4-6-14(19)21-3/h13H,4-12H2,1-3H3,(H,16,20). The zero-order chi connectivity index (χ0) is 15.7. The first-order valence-electron chi connectivity index (χ1n) is 7.77. The second-order valence-corrected chi connectivity index (χ2v) is 5.89. The Labute approximate surface area is 127 Å². The molecule has 1 N–H and O–H groups in total. The van der Waals surface area contributed by atoms with Crippen LogP contribution in [0, 0.1) is 5.92 Å². The lowest BCUT2D eigenvalue weighted by atomic mass is 9.97. The van der Waals surface area contributed by atoms with E-state index in [2.05, 4.69) is 22.0 Å². The van der Waals surface area contributed by atoms with Gasteiger partial charge in [-0.3, -0.25) is 4.79 Å². The number of rotatable bonds is 7. The molecule has 0 bridgehead atoms. The van der Waals surface area contributed by atoms with Crippen LogP contribution in [0.25, 0.3) is 0 Å². The third-order valence-corrected chi connectivity index (χ3v) is 4.03. The van der Waals surface area contributed by atoms with Crippen LogP contribution in [0.3, 0.4) is 0 Å². The van der Waals surface area contributed by atoms with E-state index in [1.54, 1.807) is 4.90 Å². The molecule has 0 spiro atoms. The number of ether oxygens (including phenoxy) is 1. The third-order valence-electron chi connectivity index (χ3n) is 4.03. The minimum atomic E-state index is -0.194. The van der Waals surface area contributed by atoms with Crippen LogP contribution in [-0.2, 0) is 9.53 Å². The molecule has 21 heavy (non-hydrogen) atoms. The first-order valence-corrected chi connectivity index (χ1v) is 7.77. The maximum Gasteiger partial charge on any atom is 0.317 e. The minimum Gasteiger partial charge on any atom is -0.469 e. The summed E-state index contributed by atoms with van der Waals surface area (Å²) >= 11 is 0. The number of esters is 1. The van der Waals surface area contributed by atoms with Crippen molar-refractivity contribution in [1.29, 1.82) is 0 Å². The van der Waals surface area contributed by atoms with Gasteiger partial charge in [-0.05, 0) is 51.7 Å². The average molecular weight is 299 g/mol. The maximum atomic E-state index is 11.9. The smallest absolute Gasteiger partial charge is 0.317 e. The van der Waals surface area contributed by atoms with E-state index < -0.39 is 0 Å². The van der Waals surface area contributed by atoms with Gasteiger partial charge in [0, 0.05) is 26.6 Å². The number of methoxy groups -OCH3 is 1. The molecule has 0 unspecified atom stereocenters. The summed E-state index contributed by atoms with van der Waals surface area (Å²) < 4.78 is 4.57. The summed E-state index contributed by atoms with van der Waals surface area (Å²) in [5.41, 5.74) is 0. The Morgan fingerprint density at radius 3 is 2.57 bits per heavy atom. The van der Waals surface area contributed by atoms with E-state index in [4.69, 9.17) is 0 Å². The van der Waals surface area contributed by atoms with Crippen molar-refractivity contribution >= 4 is 12.0 Å². The second-order valence-electron chi connectivity index (χ2n) is 5.89. The summed E-state index contributed by atoms with van der Waals surface area (Å²) in [6, 6.07) is -0.0213. The van der Waals surface area contributed by atoms with Crippen LogP contribution in [0.15, 0.2) is 0 Å². The van der Waals surface area contributed by atoms with E-state index >= 15 is 0 Å². The van der Waals surface area contributed by atoms with E-state index in [0.29, 0.717) is 18.9 Å². The summed E-state index contributed by atoms with van der Waals surface area (Å²) in [5.74, 6) is 0.414. The van der Waals surface area contributed by atoms with Gasteiger partial charge >= 0.3 is 12.0 Å². The molecule has 0 radical (unpaired) electrons. The molecule has 1 fully saturated rings. The topological polar surface area (TPSA) is 61.9 Å². The molecule has 0 atom stereocenters. The van der Waals surface area contributed by atoms with Crippen molar-refractivity contribution in [2.24, 2.45) is 5.92 Å². The lowest BCUT2D eigenvalue weighted by Crippen LogP contribution is -2.42. The van der Waals surface area contributed by atoms with Gasteiger partial charge in [-0.1, -0.05) is 0 Å². The van der Waals surface area contributed by atoms with Gasteiger partial charge < -0.3 is 19.9 Å². The third kappa shape index (κ3) is 7.32. The van der Waals surface area contributed by atoms with Gasteiger partial charge in [0.05, 0.1) is 7.11 Å². The molecule has 0 aromatic carbocycles. The quantitative estimate of drug-likeness (QED) is 0.569. The first kappa shape index (κ1) is 17.8. The van der Waals surface area contributed by atoms with Crippen LogP contribution >= 0.6 is 0 Å². The molecule has 6 nitrogen and oxygen atoms in total. The zero-order valence-corrected chi connectivity index (χ0v) is 13.6. The molecule has 1 rings (SSSR count). The molecule has 0 aromatic rings. The van der Waals surface area contributed by atoms with Crippen molar-refractivity contribution in [3.05, 3.63) is 0 Å². The number of nitrogens with one attached hydrogen (secondary N) is 1. The van der Waals surface area contributed by atoms with E-state index in [1.807, 2.05) is 7.05 Å². The Morgan fingerprint density at radius 2 is 1.95 bits per heavy atom. The molecule has 0 saturated carbocycles. The molecule has 1 aliphatic rings. The molecular weight excluding hydrogens is 270 g/mol. The fourth-order valence-corrected chi connectivity index (χ4v) is 2.54. The van der Waals surface area contributed by atoms with Crippen molar-refractivity contribution in [2.75, 3.05) is 47.4 Å². The van der Waals surface area contributed by atoms with Gasteiger partial charge in [0.1, 0.15) is 0 Å². The molecule has 122 valence electrons. The number of likely N-dealkylation sites (tertiary alicyclic amines) is 1. The highest BCUT2D eigenvalue weighted by Gasteiger charge is 2.20. The normalized spacial score (nSPS) is 16.5. The summed E-state index contributed by atoms with van der Waals surface area (Å²) in [7, 11) is 5.38. The number of hydrogen-bond donors (Lipinski definition) is 1. The molecule has 1 saturated heterocycles. The number of hydrogen-bond acceptors (Lipinski definition) is 4. The summed E-state index contributed by atoms with van der Waals surface area (Å²) in [4.78, 5) is 27.0. The molecule has 1 heterocycles. The van der Waals surface area contributed by atoms with E-state index in [9.17, 15) is 9.59 Å². The lowest BCUT2D eigenvalue weighted by Gasteiger charge is -2.31. The minimum absolute atomic E-state index is 0.0213. The van der Waals surface area contributed by atoms with Gasteiger partial charge in [0.15, 0.2) is 0 Å². The highest BCUT2D eigenvalue weighted by molar-refractivity contribution is 5.73. The van der Waals surface area contributed by atoms with Crippen LogP contribution < -0.4 is 5.32 Å². The number of carbonyl (C=O) groups excluding carboxylic acids is 2. The molecule has 0 aromatic heterocycles. The predicted octanol–water partition coefficient (Wildman–Crippen LogP) is 1.31. The fourth-order valence-electron chi connectivity index (χ4n) is 2.54. The Bertz CT molecular complexity index is 328. The second kappa shape index (κ2) is 9.60. The number of urea groups is 1. The fraction of sp³-hybridized carbons (Fsp3) is 0.867. The summed E-state index contributed by atoms with van der Waals surface area (Å²) in [6.45, 7) is 3.66. The van der Waals surface area contributed by atoms with Crippen LogP contribution in [-0.4, -0.2) is 69.2 Å². The monoisotopic (exact) mass is 299 g/mol. The van der Waals surface area contributed by atoms with Crippen molar-refractivity contribution in [3.8, 4) is 0 Å². The van der Waals surface area contributed by atoms with Crippen LogP contribution in [0.2, 0.25) is 0 Å². The Hall–Kier alpha value is -1.30. The Balaban J connectivity index is 2.09. The van der Waals surface area contributed by atoms with Crippen LogP contribution in [0.5, 0.6) is 0 Å². The predicted molar refractivity (Wildman–Crippen MR) is 82.1 cm³/mol. The number of nitrogens with zero attached hydrogens (tertiary/aromatic N) is 2. The number of unbranched alkanes of at least 4 members (excludes halogenated alkanes) is 1. The Morgan fingerprint density at radius 1 is 1.29 bits per heavy atom. The highest BCUT2D eigenvalue weighted by atomic mass is 16.5. The van der Waals surface area contributed by atoms with Crippen molar-refractivity contribution in [1.82, 2.24) is 15.1 Å².